The summed E-state index contributed by atoms with van der Waals surface area (Å²) in [6.45, 7) is 4.96. The minimum atomic E-state index is -0.0774. The van der Waals surface area contributed by atoms with Gasteiger partial charge >= 0.3 is 0 Å². The summed E-state index contributed by atoms with van der Waals surface area (Å²) < 4.78 is 8.04. The van der Waals surface area contributed by atoms with Gasteiger partial charge in [-0.25, -0.2) is 0 Å². The zero-order valence-corrected chi connectivity index (χ0v) is 18.0. The lowest BCUT2D eigenvalue weighted by Gasteiger charge is -2.16. The number of rotatable bonds is 6. The van der Waals surface area contributed by atoms with Gasteiger partial charge in [-0.2, -0.15) is 4.68 Å². The van der Waals surface area contributed by atoms with Gasteiger partial charge in [0.25, 0.3) is 0 Å². The van der Waals surface area contributed by atoms with Gasteiger partial charge in [-0.3, -0.25) is 5.32 Å². The summed E-state index contributed by atoms with van der Waals surface area (Å²) in [6, 6.07) is 14.7. The average molecular weight is 411 g/mol. The lowest BCUT2D eigenvalue weighted by molar-refractivity contribution is 0.0534. The second kappa shape index (κ2) is 8.52. The number of aromatic nitrogens is 4. The van der Waals surface area contributed by atoms with Crippen LogP contribution in [-0.4, -0.2) is 52.7 Å². The molecular formula is C21H26N6OS. The van der Waals surface area contributed by atoms with Crippen molar-refractivity contribution < 1.29 is 4.74 Å². The van der Waals surface area contributed by atoms with E-state index in [0.717, 1.165) is 39.8 Å². The fourth-order valence-corrected chi connectivity index (χ4v) is 4.36. The largest absolute Gasteiger partial charge is 0.378 e. The van der Waals surface area contributed by atoms with Crippen LogP contribution in [0.1, 0.15) is 22.9 Å². The normalized spacial score (nSPS) is 18.9. The van der Waals surface area contributed by atoms with Gasteiger partial charge in [-0.15, -0.1) is 5.10 Å². The predicted octanol–water partition coefficient (Wildman–Crippen LogP) is 3.12. The van der Waals surface area contributed by atoms with Crippen LogP contribution in [0.15, 0.2) is 47.6 Å². The van der Waals surface area contributed by atoms with Gasteiger partial charge in [0.2, 0.25) is 5.16 Å². The van der Waals surface area contributed by atoms with Crippen LogP contribution in [0.5, 0.6) is 0 Å². The highest BCUT2D eigenvalue weighted by Gasteiger charge is 2.27. The standard InChI is InChI=1S/C21H26N6OS/c1-14-6-5-7-15(2)19(14)27-21(23-24-25-27)29-13-18-12-22-20(28-18)16-8-10-17(11-9-16)26(3)4/h5-11,18,20,22H,12-13H2,1-4H3/t18-,20+/m0/s1. The van der Waals surface area contributed by atoms with E-state index in [-0.39, 0.29) is 12.3 Å². The monoisotopic (exact) mass is 410 g/mol. The molecule has 2 aromatic carbocycles. The molecule has 3 aromatic rings. The summed E-state index contributed by atoms with van der Waals surface area (Å²) in [7, 11) is 4.08. The van der Waals surface area contributed by atoms with E-state index >= 15 is 0 Å². The Morgan fingerprint density at radius 1 is 1.14 bits per heavy atom. The number of tetrazole rings is 1. The SMILES string of the molecule is Cc1cccc(C)c1-n1nnnc1SC[C@@H]1CN[C@@H](c2ccc(N(C)C)cc2)O1. The molecule has 7 nitrogen and oxygen atoms in total. The first-order valence-electron chi connectivity index (χ1n) is 9.67. The molecule has 0 amide bonds. The van der Waals surface area contributed by atoms with Crippen LogP contribution in [0.25, 0.3) is 5.69 Å². The van der Waals surface area contributed by atoms with Crippen molar-refractivity contribution in [1.29, 1.82) is 0 Å². The topological polar surface area (TPSA) is 68.1 Å². The number of nitrogens with zero attached hydrogens (tertiary/aromatic N) is 5. The molecule has 1 aliphatic heterocycles. The van der Waals surface area contributed by atoms with Crippen molar-refractivity contribution in [2.75, 3.05) is 31.3 Å². The van der Waals surface area contributed by atoms with Crippen molar-refractivity contribution >= 4 is 17.4 Å². The molecule has 1 aliphatic rings. The summed E-state index contributed by atoms with van der Waals surface area (Å²) >= 11 is 1.62. The minimum absolute atomic E-state index is 0.0774. The Balaban J connectivity index is 1.40. The van der Waals surface area contributed by atoms with Crippen LogP contribution in [0.4, 0.5) is 5.69 Å². The van der Waals surface area contributed by atoms with E-state index < -0.39 is 0 Å². The number of hydrogen-bond acceptors (Lipinski definition) is 7. The smallest absolute Gasteiger partial charge is 0.214 e. The third-order valence-electron chi connectivity index (χ3n) is 5.06. The molecule has 0 spiro atoms. The molecule has 0 saturated carbocycles. The zero-order valence-electron chi connectivity index (χ0n) is 17.2. The van der Waals surface area contributed by atoms with Crippen molar-refractivity contribution in [3.63, 3.8) is 0 Å². The summed E-state index contributed by atoms with van der Waals surface area (Å²) in [4.78, 5) is 2.09. The lowest BCUT2D eigenvalue weighted by Crippen LogP contribution is -2.17. The van der Waals surface area contributed by atoms with Crippen LogP contribution in [-0.2, 0) is 4.74 Å². The molecule has 1 fully saturated rings. The average Bonchev–Trinajstić information content (AvgIpc) is 3.36. The Bertz CT molecular complexity index is 951. The van der Waals surface area contributed by atoms with Crippen molar-refractivity contribution in [3.05, 3.63) is 59.2 Å². The molecule has 2 heterocycles. The number of hydrogen-bond donors (Lipinski definition) is 1. The van der Waals surface area contributed by atoms with Gasteiger partial charge in [0.1, 0.15) is 6.23 Å². The molecule has 4 rings (SSSR count). The highest BCUT2D eigenvalue weighted by Crippen LogP contribution is 2.28. The number of nitrogens with one attached hydrogen (secondary N) is 1. The summed E-state index contributed by atoms with van der Waals surface area (Å²) in [6.07, 6.45) is 0.0214. The van der Waals surface area contributed by atoms with E-state index in [1.807, 2.05) is 18.8 Å². The predicted molar refractivity (Wildman–Crippen MR) is 116 cm³/mol. The Morgan fingerprint density at radius 2 is 1.86 bits per heavy atom. The number of thioether (sulfide) groups is 1. The summed E-state index contributed by atoms with van der Waals surface area (Å²) in [5, 5.41) is 16.6. The van der Waals surface area contributed by atoms with E-state index in [4.69, 9.17) is 4.74 Å². The third-order valence-corrected chi connectivity index (χ3v) is 6.11. The fourth-order valence-electron chi connectivity index (χ4n) is 3.49. The molecule has 152 valence electrons. The van der Waals surface area contributed by atoms with Gasteiger partial charge in [0, 0.05) is 32.1 Å². The first-order valence-corrected chi connectivity index (χ1v) is 10.7. The lowest BCUT2D eigenvalue weighted by atomic mass is 10.1. The number of aryl methyl sites for hydroxylation is 2. The van der Waals surface area contributed by atoms with E-state index in [1.54, 1.807) is 11.8 Å². The van der Waals surface area contributed by atoms with Crippen LogP contribution in [0.3, 0.4) is 0 Å². The molecule has 0 unspecified atom stereocenters. The Hall–Kier alpha value is -2.42. The number of ether oxygens (including phenoxy) is 1. The summed E-state index contributed by atoms with van der Waals surface area (Å²) in [5.41, 5.74) is 5.67. The van der Waals surface area contributed by atoms with Gasteiger partial charge in [-0.05, 0) is 53.1 Å². The molecule has 2 atom stereocenters. The van der Waals surface area contributed by atoms with Crippen LogP contribution >= 0.6 is 11.8 Å². The van der Waals surface area contributed by atoms with Crippen molar-refractivity contribution in [2.24, 2.45) is 0 Å². The highest BCUT2D eigenvalue weighted by atomic mass is 32.2. The van der Waals surface area contributed by atoms with Crippen LogP contribution in [0.2, 0.25) is 0 Å². The second-order valence-electron chi connectivity index (χ2n) is 7.46. The first-order chi connectivity index (χ1) is 14.0. The molecule has 0 radical (unpaired) electrons. The molecule has 1 N–H and O–H groups in total. The van der Waals surface area contributed by atoms with Gasteiger partial charge in [0.05, 0.1) is 11.8 Å². The molecule has 0 bridgehead atoms. The van der Waals surface area contributed by atoms with Gasteiger partial charge in [0.15, 0.2) is 0 Å². The van der Waals surface area contributed by atoms with Crippen molar-refractivity contribution in [3.8, 4) is 5.69 Å². The van der Waals surface area contributed by atoms with Crippen LogP contribution in [0, 0.1) is 13.8 Å². The van der Waals surface area contributed by atoms with Gasteiger partial charge in [-0.1, -0.05) is 42.1 Å². The maximum atomic E-state index is 6.22. The number of benzene rings is 2. The number of para-hydroxylation sites is 1. The van der Waals surface area contributed by atoms with Crippen molar-refractivity contribution in [2.45, 2.75) is 31.3 Å². The highest BCUT2D eigenvalue weighted by molar-refractivity contribution is 7.99. The Kier molecular flexibility index (Phi) is 5.84. The molecule has 8 heteroatoms. The molecule has 1 aromatic heterocycles. The fraction of sp³-hybridized carbons (Fsp3) is 0.381. The third kappa shape index (κ3) is 4.29. The number of anilines is 1. The van der Waals surface area contributed by atoms with E-state index in [2.05, 4.69) is 82.1 Å². The second-order valence-corrected chi connectivity index (χ2v) is 8.44. The van der Waals surface area contributed by atoms with Crippen LogP contribution < -0.4 is 10.2 Å². The molecule has 29 heavy (non-hydrogen) atoms. The van der Waals surface area contributed by atoms with E-state index in [1.165, 1.54) is 5.69 Å². The maximum absolute atomic E-state index is 6.22. The quantitative estimate of drug-likeness (QED) is 0.626. The Morgan fingerprint density at radius 3 is 2.55 bits per heavy atom. The maximum Gasteiger partial charge on any atom is 0.214 e. The first kappa shape index (κ1) is 19.9. The molecule has 1 saturated heterocycles. The summed E-state index contributed by atoms with van der Waals surface area (Å²) in [5.74, 6) is 0.782. The van der Waals surface area contributed by atoms with E-state index in [9.17, 15) is 0 Å². The van der Waals surface area contributed by atoms with E-state index in [0.29, 0.717) is 0 Å². The Labute approximate surface area is 175 Å². The molecule has 0 aliphatic carbocycles. The molecular weight excluding hydrogens is 384 g/mol. The van der Waals surface area contributed by atoms with Gasteiger partial charge < -0.3 is 9.64 Å². The van der Waals surface area contributed by atoms with Crippen molar-refractivity contribution in [1.82, 2.24) is 25.5 Å². The minimum Gasteiger partial charge on any atom is -0.378 e. The zero-order chi connectivity index (χ0) is 20.4.